The topological polar surface area (TPSA) is 89.5 Å². The Morgan fingerprint density at radius 2 is 1.63 bits per heavy atom. The maximum absolute atomic E-state index is 11.9. The molecule has 0 aromatic heterocycles. The van der Waals surface area contributed by atoms with E-state index in [0.717, 1.165) is 6.42 Å². The highest BCUT2D eigenvalue weighted by Crippen LogP contribution is 2.22. The van der Waals surface area contributed by atoms with Gasteiger partial charge in [0.1, 0.15) is 0 Å². The van der Waals surface area contributed by atoms with Crippen molar-refractivity contribution >= 4 is 20.3 Å². The minimum Gasteiger partial charge on any atom is -0.257 e. The summed E-state index contributed by atoms with van der Waals surface area (Å²) in [4.78, 5) is 0. The van der Waals surface area contributed by atoms with E-state index in [9.17, 15) is 30.0 Å². The molecule has 1 N–H and O–H groups in total. The van der Waals surface area contributed by atoms with Crippen molar-refractivity contribution in [2.24, 2.45) is 5.92 Å². The van der Waals surface area contributed by atoms with Crippen LogP contribution in [0.1, 0.15) is 33.1 Å². The van der Waals surface area contributed by atoms with Crippen molar-refractivity contribution in [1.82, 2.24) is 4.13 Å². The van der Waals surface area contributed by atoms with Crippen LogP contribution in [0.3, 0.4) is 0 Å². The van der Waals surface area contributed by atoms with E-state index in [0.29, 0.717) is 22.9 Å². The average molecular weight is 327 g/mol. The maximum Gasteiger partial charge on any atom is 0.512 e. The van der Waals surface area contributed by atoms with Crippen LogP contribution in [-0.2, 0) is 24.5 Å². The minimum atomic E-state index is -5.97. The highest BCUT2D eigenvalue weighted by Gasteiger charge is 2.48. The maximum atomic E-state index is 11.9. The molecular formula is C8H16F3NO5S2. The first kappa shape index (κ1) is 18.6. The summed E-state index contributed by atoms with van der Waals surface area (Å²) in [5, 5.41) is 0. The summed E-state index contributed by atoms with van der Waals surface area (Å²) in [6.45, 7) is 3.53. The van der Waals surface area contributed by atoms with Crippen LogP contribution in [-0.4, -0.2) is 29.0 Å². The van der Waals surface area contributed by atoms with Crippen molar-refractivity contribution in [3.63, 3.8) is 0 Å². The number of sulfonamides is 1. The van der Waals surface area contributed by atoms with E-state index >= 15 is 0 Å². The van der Waals surface area contributed by atoms with Gasteiger partial charge in [0.25, 0.3) is 0 Å². The van der Waals surface area contributed by atoms with Gasteiger partial charge in [0, 0.05) is 0 Å². The third-order valence-corrected chi connectivity index (χ3v) is 4.71. The predicted molar refractivity (Wildman–Crippen MR) is 61.7 cm³/mol. The average Bonchev–Trinajstić information content (AvgIpc) is 2.12. The largest absolute Gasteiger partial charge is 0.512 e. The Bertz CT molecular complexity index is 469. The fourth-order valence-electron chi connectivity index (χ4n) is 1.03. The van der Waals surface area contributed by atoms with E-state index in [4.69, 9.17) is 0 Å². The molecule has 0 atom stereocenters. The van der Waals surface area contributed by atoms with Gasteiger partial charge in [0.05, 0.1) is 6.61 Å². The van der Waals surface area contributed by atoms with Crippen LogP contribution in [0, 0.1) is 5.92 Å². The summed E-state index contributed by atoms with van der Waals surface area (Å²) in [6.07, 6.45) is 1.72. The monoisotopic (exact) mass is 327 g/mol. The number of halogens is 3. The molecule has 0 fully saturated rings. The van der Waals surface area contributed by atoms with Crippen LogP contribution in [0.15, 0.2) is 0 Å². The molecule has 0 amide bonds. The molecule has 0 aliphatic carbocycles. The summed E-state index contributed by atoms with van der Waals surface area (Å²) in [6, 6.07) is 0. The van der Waals surface area contributed by atoms with Gasteiger partial charge in [-0.25, -0.2) is 8.42 Å². The minimum absolute atomic E-state index is 0.297. The van der Waals surface area contributed by atoms with Crippen LogP contribution >= 0.6 is 0 Å². The lowest BCUT2D eigenvalue weighted by molar-refractivity contribution is -0.0442. The van der Waals surface area contributed by atoms with Gasteiger partial charge in [-0.3, -0.25) is 4.18 Å². The summed E-state index contributed by atoms with van der Waals surface area (Å²) in [7, 11) is -11.0. The van der Waals surface area contributed by atoms with E-state index in [2.05, 4.69) is 4.18 Å². The molecule has 0 aromatic rings. The number of hydrogen-bond acceptors (Lipinski definition) is 5. The van der Waals surface area contributed by atoms with Crippen molar-refractivity contribution in [2.45, 2.75) is 38.6 Å². The molecule has 0 heterocycles. The van der Waals surface area contributed by atoms with Gasteiger partial charge in [0.2, 0.25) is 0 Å². The highest BCUT2D eigenvalue weighted by atomic mass is 32.3. The molecule has 11 heteroatoms. The first-order valence-corrected chi connectivity index (χ1v) is 8.26. The second-order valence-electron chi connectivity index (χ2n) is 4.20. The van der Waals surface area contributed by atoms with Crippen LogP contribution in [0.4, 0.5) is 13.2 Å². The zero-order valence-corrected chi connectivity index (χ0v) is 12.0. The van der Waals surface area contributed by atoms with Crippen LogP contribution < -0.4 is 4.13 Å². The van der Waals surface area contributed by atoms with Gasteiger partial charge in [0.15, 0.2) is 0 Å². The van der Waals surface area contributed by atoms with Gasteiger partial charge < -0.3 is 0 Å². The second kappa shape index (κ2) is 6.86. The Kier molecular flexibility index (Phi) is 6.72. The lowest BCUT2D eigenvalue weighted by Gasteiger charge is -2.10. The molecule has 0 aliphatic rings. The molecule has 116 valence electrons. The summed E-state index contributed by atoms with van der Waals surface area (Å²) >= 11 is 0. The number of alkyl halides is 3. The lowest BCUT2D eigenvalue weighted by Crippen LogP contribution is -2.41. The number of hydrogen-bond donors (Lipinski definition) is 1. The Hall–Kier alpha value is -0.390. The fraction of sp³-hybridized carbons (Fsp3) is 1.00. The quantitative estimate of drug-likeness (QED) is 0.683. The Balaban J connectivity index is 4.29. The highest BCUT2D eigenvalue weighted by molar-refractivity contribution is 8.03. The molecule has 0 spiro atoms. The second-order valence-corrected chi connectivity index (χ2v) is 7.48. The standard InChI is InChI=1S/C8H16F3NO5S2/c1-7(2)5-3-4-6-17-19(15,16)12-18(13,14)8(9,10)11/h7,12H,3-6H2,1-2H3. The molecule has 0 radical (unpaired) electrons. The van der Waals surface area contributed by atoms with E-state index in [-0.39, 0.29) is 6.61 Å². The first-order valence-electron chi connectivity index (χ1n) is 5.36. The summed E-state index contributed by atoms with van der Waals surface area (Å²) in [5.74, 6) is 0.403. The zero-order valence-electron chi connectivity index (χ0n) is 10.4. The van der Waals surface area contributed by atoms with Gasteiger partial charge in [-0.2, -0.15) is 21.6 Å². The van der Waals surface area contributed by atoms with Crippen LogP contribution in [0.5, 0.6) is 0 Å². The number of unbranched alkanes of at least 4 members (excludes halogenated alkanes) is 1. The number of rotatable bonds is 8. The lowest BCUT2D eigenvalue weighted by atomic mass is 10.1. The van der Waals surface area contributed by atoms with E-state index in [1.165, 1.54) is 0 Å². The smallest absolute Gasteiger partial charge is 0.257 e. The molecular weight excluding hydrogens is 311 g/mol. The normalized spacial score (nSPS) is 14.0. The summed E-state index contributed by atoms with van der Waals surface area (Å²) < 4.78 is 83.4. The van der Waals surface area contributed by atoms with Crippen molar-refractivity contribution in [2.75, 3.05) is 6.61 Å². The molecule has 0 aliphatic heterocycles. The zero-order chi connectivity index (χ0) is 15.3. The third kappa shape index (κ3) is 7.70. The van der Waals surface area contributed by atoms with Crippen molar-refractivity contribution < 1.29 is 34.2 Å². The predicted octanol–water partition coefficient (Wildman–Crippen LogP) is 1.51. The molecule has 0 saturated carbocycles. The van der Waals surface area contributed by atoms with Gasteiger partial charge >= 0.3 is 25.8 Å². The van der Waals surface area contributed by atoms with Gasteiger partial charge in [-0.05, 0) is 12.3 Å². The first-order chi connectivity index (χ1) is 8.37. The molecule has 6 nitrogen and oxygen atoms in total. The van der Waals surface area contributed by atoms with E-state index in [1.54, 1.807) is 0 Å². The number of nitrogens with one attached hydrogen (secondary N) is 1. The molecule has 0 aromatic carbocycles. The van der Waals surface area contributed by atoms with E-state index in [1.807, 2.05) is 13.8 Å². The Morgan fingerprint density at radius 1 is 1.11 bits per heavy atom. The van der Waals surface area contributed by atoms with Gasteiger partial charge in [-0.15, -0.1) is 0 Å². The SMILES string of the molecule is CC(C)CCCCOS(=O)(=O)NS(=O)(=O)C(F)(F)F. The summed E-state index contributed by atoms with van der Waals surface area (Å²) in [5.41, 5.74) is -5.71. The van der Waals surface area contributed by atoms with E-state index < -0.39 is 25.8 Å². The molecule has 0 rings (SSSR count). The van der Waals surface area contributed by atoms with Crippen LogP contribution in [0.2, 0.25) is 0 Å². The molecule has 0 saturated heterocycles. The molecule has 0 unspecified atom stereocenters. The molecule has 0 bridgehead atoms. The van der Waals surface area contributed by atoms with Crippen LogP contribution in [0.25, 0.3) is 0 Å². The Labute approximate surface area is 110 Å². The Morgan fingerprint density at radius 3 is 2.05 bits per heavy atom. The fourth-order valence-corrected chi connectivity index (χ4v) is 3.01. The van der Waals surface area contributed by atoms with Gasteiger partial charge in [-0.1, -0.05) is 30.8 Å². The molecule has 19 heavy (non-hydrogen) atoms. The third-order valence-electron chi connectivity index (χ3n) is 1.93. The van der Waals surface area contributed by atoms with Crippen molar-refractivity contribution in [1.29, 1.82) is 0 Å². The van der Waals surface area contributed by atoms with Crippen molar-refractivity contribution in [3.05, 3.63) is 0 Å². The van der Waals surface area contributed by atoms with Crippen molar-refractivity contribution in [3.8, 4) is 0 Å².